The molecule has 0 aliphatic carbocycles. The summed E-state index contributed by atoms with van der Waals surface area (Å²) in [6, 6.07) is 15.1. The van der Waals surface area contributed by atoms with E-state index in [9.17, 15) is 9.18 Å². The number of para-hydroxylation sites is 1. The Balaban J connectivity index is 1.70. The van der Waals surface area contributed by atoms with Gasteiger partial charge in [-0.25, -0.2) is 19.3 Å². The number of benzene rings is 2. The Labute approximate surface area is 170 Å². The fourth-order valence-electron chi connectivity index (χ4n) is 3.61. The summed E-state index contributed by atoms with van der Waals surface area (Å²) >= 11 is 0. The lowest BCUT2D eigenvalue weighted by molar-refractivity contribution is 0.629. The van der Waals surface area contributed by atoms with E-state index in [1.165, 1.54) is 18.5 Å². The number of pyridine rings is 1. The number of halogens is 1. The molecule has 0 saturated carbocycles. The predicted molar refractivity (Wildman–Crippen MR) is 113 cm³/mol. The Kier molecular flexibility index (Phi) is 4.24. The first-order valence-corrected chi connectivity index (χ1v) is 9.43. The highest BCUT2D eigenvalue weighted by molar-refractivity contribution is 5.84. The van der Waals surface area contributed by atoms with Crippen molar-refractivity contribution in [3.8, 4) is 5.69 Å². The van der Waals surface area contributed by atoms with Crippen LogP contribution in [-0.4, -0.2) is 24.5 Å². The molecule has 0 aliphatic rings. The average Bonchev–Trinajstić information content (AvgIpc) is 3.24. The summed E-state index contributed by atoms with van der Waals surface area (Å²) in [5.41, 5.74) is 2.36. The molecule has 8 heteroatoms. The lowest BCUT2D eigenvalue weighted by Crippen LogP contribution is -2.25. The number of hydrogen-bond acceptors (Lipinski definition) is 5. The number of rotatable bonds is 4. The van der Waals surface area contributed by atoms with E-state index in [1.807, 2.05) is 43.3 Å². The minimum Gasteiger partial charge on any atom is -0.360 e. The van der Waals surface area contributed by atoms with Gasteiger partial charge in [-0.3, -0.25) is 9.36 Å². The number of H-pyrrole nitrogens is 1. The monoisotopic (exact) mass is 400 g/mol. The zero-order valence-corrected chi connectivity index (χ0v) is 16.0. The van der Waals surface area contributed by atoms with E-state index in [1.54, 1.807) is 17.0 Å². The minimum atomic E-state index is -0.444. The molecular weight excluding hydrogens is 383 g/mol. The molecule has 1 atom stereocenters. The van der Waals surface area contributed by atoms with Crippen LogP contribution in [0.5, 0.6) is 0 Å². The first-order chi connectivity index (χ1) is 14.6. The Morgan fingerprint density at radius 1 is 1.07 bits per heavy atom. The molecule has 3 heterocycles. The van der Waals surface area contributed by atoms with Crippen LogP contribution in [0.25, 0.3) is 27.6 Å². The van der Waals surface area contributed by atoms with Crippen molar-refractivity contribution >= 4 is 27.8 Å². The molecule has 0 bridgehead atoms. The van der Waals surface area contributed by atoms with Crippen LogP contribution in [0.2, 0.25) is 0 Å². The number of fused-ring (bicyclic) bond motifs is 2. The molecule has 2 aromatic carbocycles. The van der Waals surface area contributed by atoms with Gasteiger partial charge in [0.05, 0.1) is 17.8 Å². The van der Waals surface area contributed by atoms with Crippen LogP contribution >= 0.6 is 0 Å². The molecule has 0 fully saturated rings. The molecular formula is C22H17FN6O. The van der Waals surface area contributed by atoms with E-state index in [0.717, 1.165) is 0 Å². The molecule has 1 unspecified atom stereocenters. The smallest absolute Gasteiger partial charge is 0.263 e. The van der Waals surface area contributed by atoms with E-state index < -0.39 is 5.82 Å². The molecule has 7 nitrogen and oxygen atoms in total. The van der Waals surface area contributed by atoms with E-state index in [2.05, 4.69) is 25.3 Å². The van der Waals surface area contributed by atoms with Gasteiger partial charge < -0.3 is 10.3 Å². The van der Waals surface area contributed by atoms with Crippen molar-refractivity contribution in [2.24, 2.45) is 0 Å². The number of nitrogens with one attached hydrogen (secondary N) is 2. The van der Waals surface area contributed by atoms with Gasteiger partial charge >= 0.3 is 0 Å². The molecule has 5 rings (SSSR count). The summed E-state index contributed by atoms with van der Waals surface area (Å²) in [4.78, 5) is 29.0. The molecule has 5 aromatic rings. The second kappa shape index (κ2) is 7.07. The summed E-state index contributed by atoms with van der Waals surface area (Å²) < 4.78 is 15.4. The topological polar surface area (TPSA) is 88.5 Å². The molecule has 0 saturated heterocycles. The highest BCUT2D eigenvalue weighted by atomic mass is 19.1. The van der Waals surface area contributed by atoms with Gasteiger partial charge in [0.15, 0.2) is 11.5 Å². The lowest BCUT2D eigenvalue weighted by atomic mass is 10.1. The first-order valence-electron chi connectivity index (χ1n) is 9.43. The maximum Gasteiger partial charge on any atom is 0.263 e. The normalized spacial score (nSPS) is 12.3. The van der Waals surface area contributed by atoms with E-state index in [-0.39, 0.29) is 11.6 Å². The van der Waals surface area contributed by atoms with E-state index in [0.29, 0.717) is 39.1 Å². The van der Waals surface area contributed by atoms with Crippen LogP contribution in [0.15, 0.2) is 72.0 Å². The fraction of sp³-hybridized carbons (Fsp3) is 0.0909. The number of anilines is 1. The van der Waals surface area contributed by atoms with Crippen LogP contribution < -0.4 is 10.9 Å². The Morgan fingerprint density at radius 3 is 2.73 bits per heavy atom. The van der Waals surface area contributed by atoms with Crippen molar-refractivity contribution in [2.45, 2.75) is 13.0 Å². The van der Waals surface area contributed by atoms with Crippen LogP contribution in [-0.2, 0) is 0 Å². The van der Waals surface area contributed by atoms with E-state index in [4.69, 9.17) is 0 Å². The van der Waals surface area contributed by atoms with Gasteiger partial charge in [0.25, 0.3) is 5.56 Å². The summed E-state index contributed by atoms with van der Waals surface area (Å²) in [6.07, 6.45) is 3.00. The molecule has 0 radical (unpaired) electrons. The lowest BCUT2D eigenvalue weighted by Gasteiger charge is -2.21. The van der Waals surface area contributed by atoms with Crippen molar-refractivity contribution in [3.63, 3.8) is 0 Å². The number of nitrogens with zero attached hydrogens (tertiary/aromatic N) is 4. The number of imidazole rings is 1. The quantitative estimate of drug-likeness (QED) is 0.477. The van der Waals surface area contributed by atoms with Crippen molar-refractivity contribution in [1.82, 2.24) is 24.5 Å². The largest absolute Gasteiger partial charge is 0.360 e. The van der Waals surface area contributed by atoms with Gasteiger partial charge in [0, 0.05) is 11.4 Å². The predicted octanol–water partition coefficient (Wildman–Crippen LogP) is 3.97. The van der Waals surface area contributed by atoms with Gasteiger partial charge in [0.2, 0.25) is 0 Å². The van der Waals surface area contributed by atoms with Crippen molar-refractivity contribution < 1.29 is 4.39 Å². The van der Waals surface area contributed by atoms with Crippen molar-refractivity contribution in [1.29, 1.82) is 0 Å². The third-order valence-corrected chi connectivity index (χ3v) is 5.04. The molecule has 148 valence electrons. The molecule has 0 amide bonds. The maximum atomic E-state index is 13.8. The SMILES string of the molecule is CC(Nc1ncnc2[nH]cnc12)c1cc2ccc(F)cc2c(=O)n1-c1ccccc1. The Morgan fingerprint density at radius 2 is 1.90 bits per heavy atom. The van der Waals surface area contributed by atoms with Gasteiger partial charge in [-0.1, -0.05) is 24.3 Å². The summed E-state index contributed by atoms with van der Waals surface area (Å²) in [7, 11) is 0. The highest BCUT2D eigenvalue weighted by Gasteiger charge is 2.18. The fourth-order valence-corrected chi connectivity index (χ4v) is 3.61. The minimum absolute atomic E-state index is 0.283. The second-order valence-corrected chi connectivity index (χ2v) is 6.96. The Hall–Kier alpha value is -4.07. The first kappa shape index (κ1) is 18.0. The van der Waals surface area contributed by atoms with Gasteiger partial charge in [-0.15, -0.1) is 0 Å². The zero-order valence-electron chi connectivity index (χ0n) is 16.0. The third kappa shape index (κ3) is 2.98. The Bertz CT molecular complexity index is 1430. The van der Waals surface area contributed by atoms with Crippen LogP contribution in [0.4, 0.5) is 10.2 Å². The molecule has 3 aromatic heterocycles. The highest BCUT2D eigenvalue weighted by Crippen LogP contribution is 2.25. The zero-order chi connectivity index (χ0) is 20.7. The number of hydrogen-bond donors (Lipinski definition) is 2. The molecule has 30 heavy (non-hydrogen) atoms. The molecule has 0 aliphatic heterocycles. The van der Waals surface area contributed by atoms with E-state index >= 15 is 0 Å². The summed E-state index contributed by atoms with van der Waals surface area (Å²) in [5.74, 6) is 0.111. The average molecular weight is 400 g/mol. The van der Waals surface area contributed by atoms with Crippen LogP contribution in [0, 0.1) is 5.82 Å². The maximum absolute atomic E-state index is 13.8. The number of aromatic nitrogens is 5. The number of aromatic amines is 1. The summed E-state index contributed by atoms with van der Waals surface area (Å²) in [6.45, 7) is 1.93. The standard InChI is InChI=1S/C22H17FN6O/c1-13(28-21-19-20(25-11-24-19)26-12-27-21)18-9-14-7-8-15(23)10-17(14)22(30)29(18)16-5-3-2-4-6-16/h2-13H,1H3,(H2,24,25,26,27,28). The summed E-state index contributed by atoms with van der Waals surface area (Å²) in [5, 5.41) is 4.33. The van der Waals surface area contributed by atoms with Gasteiger partial charge in [-0.05, 0) is 42.6 Å². The second-order valence-electron chi connectivity index (χ2n) is 6.96. The molecule has 2 N–H and O–H groups in total. The molecule has 0 spiro atoms. The van der Waals surface area contributed by atoms with Crippen LogP contribution in [0.1, 0.15) is 18.7 Å². The van der Waals surface area contributed by atoms with Crippen molar-refractivity contribution in [2.75, 3.05) is 5.32 Å². The van der Waals surface area contributed by atoms with Crippen molar-refractivity contribution in [3.05, 3.63) is 89.1 Å². The third-order valence-electron chi connectivity index (χ3n) is 5.04. The van der Waals surface area contributed by atoms with Gasteiger partial charge in [-0.2, -0.15) is 0 Å². The van der Waals surface area contributed by atoms with Crippen LogP contribution in [0.3, 0.4) is 0 Å². The van der Waals surface area contributed by atoms with Gasteiger partial charge in [0.1, 0.15) is 17.7 Å².